The summed E-state index contributed by atoms with van der Waals surface area (Å²) in [5, 5.41) is 1.29. The maximum atomic E-state index is 12.7. The van der Waals surface area contributed by atoms with Crippen molar-refractivity contribution in [2.45, 2.75) is 13.8 Å². The van der Waals surface area contributed by atoms with Crippen molar-refractivity contribution in [3.63, 3.8) is 0 Å². The van der Waals surface area contributed by atoms with Crippen molar-refractivity contribution in [2.75, 3.05) is 14.2 Å². The van der Waals surface area contributed by atoms with Gasteiger partial charge in [-0.25, -0.2) is 0 Å². The largest absolute Gasteiger partial charge is 0.496 e. The number of ether oxygens (including phenoxy) is 2. The third-order valence-corrected chi connectivity index (χ3v) is 4.16. The molecule has 0 aliphatic heterocycles. The van der Waals surface area contributed by atoms with E-state index in [4.69, 9.17) is 13.9 Å². The van der Waals surface area contributed by atoms with Crippen LogP contribution in [-0.2, 0) is 0 Å². The molecule has 1 heterocycles. The van der Waals surface area contributed by atoms with Gasteiger partial charge in [0.05, 0.1) is 25.0 Å². The summed E-state index contributed by atoms with van der Waals surface area (Å²) in [6, 6.07) is 11.1. The topological polar surface area (TPSA) is 48.7 Å². The molecule has 4 heteroatoms. The minimum Gasteiger partial charge on any atom is -0.496 e. The lowest BCUT2D eigenvalue weighted by Crippen LogP contribution is -1.95. The molecule has 3 rings (SSSR count). The van der Waals surface area contributed by atoms with E-state index in [1.807, 2.05) is 49.4 Å². The standard InChI is InChI=1S/C21H20O4/c1-13-20-17(22)11-15(12-19(24-4)21(20)14(2)25-13)9-10-16-7-5-6-8-18(16)23-3/h5-12H,1-4H3. The van der Waals surface area contributed by atoms with Gasteiger partial charge in [-0.3, -0.25) is 4.79 Å². The van der Waals surface area contributed by atoms with Crippen molar-refractivity contribution in [3.8, 4) is 11.5 Å². The fourth-order valence-electron chi connectivity index (χ4n) is 3.01. The average Bonchev–Trinajstić information content (AvgIpc) is 2.82. The number of aryl methyl sites for hydroxylation is 2. The molecule has 0 atom stereocenters. The quantitative estimate of drug-likeness (QED) is 0.699. The van der Waals surface area contributed by atoms with Gasteiger partial charge in [-0.05, 0) is 37.6 Å². The zero-order chi connectivity index (χ0) is 18.0. The predicted molar refractivity (Wildman–Crippen MR) is 100 cm³/mol. The van der Waals surface area contributed by atoms with Crippen LogP contribution in [0.15, 0.2) is 45.6 Å². The molecule has 0 unspecified atom stereocenters. The lowest BCUT2D eigenvalue weighted by molar-refractivity contribution is 0.414. The van der Waals surface area contributed by atoms with E-state index >= 15 is 0 Å². The van der Waals surface area contributed by atoms with Crippen LogP contribution in [0.25, 0.3) is 22.9 Å². The summed E-state index contributed by atoms with van der Waals surface area (Å²) in [5.41, 5.74) is 1.60. The SMILES string of the molecule is COc1ccccc1C=Cc1cc(OC)c2c(C)oc(C)c2c(=O)c1. The summed E-state index contributed by atoms with van der Waals surface area (Å²) >= 11 is 0. The van der Waals surface area contributed by atoms with Crippen LogP contribution in [0.1, 0.15) is 22.6 Å². The molecule has 128 valence electrons. The predicted octanol–water partition coefficient (Wildman–Crippen LogP) is 4.60. The first-order chi connectivity index (χ1) is 12.0. The van der Waals surface area contributed by atoms with Gasteiger partial charge in [-0.15, -0.1) is 0 Å². The van der Waals surface area contributed by atoms with Crippen LogP contribution in [0.2, 0.25) is 0 Å². The first-order valence-corrected chi connectivity index (χ1v) is 7.98. The minimum atomic E-state index is -0.0904. The van der Waals surface area contributed by atoms with E-state index in [2.05, 4.69) is 0 Å². The lowest BCUT2D eigenvalue weighted by atomic mass is 10.1. The number of hydrogen-bond acceptors (Lipinski definition) is 4. The van der Waals surface area contributed by atoms with Crippen LogP contribution >= 0.6 is 0 Å². The highest BCUT2D eigenvalue weighted by molar-refractivity contribution is 5.92. The van der Waals surface area contributed by atoms with E-state index in [1.165, 1.54) is 0 Å². The smallest absolute Gasteiger partial charge is 0.190 e. The summed E-state index contributed by atoms with van der Waals surface area (Å²) in [4.78, 5) is 12.7. The van der Waals surface area contributed by atoms with Gasteiger partial charge in [-0.1, -0.05) is 30.4 Å². The minimum absolute atomic E-state index is 0.0904. The molecule has 0 saturated carbocycles. The van der Waals surface area contributed by atoms with Crippen LogP contribution in [0.4, 0.5) is 0 Å². The van der Waals surface area contributed by atoms with Crippen LogP contribution < -0.4 is 14.9 Å². The first kappa shape index (κ1) is 16.8. The highest BCUT2D eigenvalue weighted by atomic mass is 16.5. The Bertz CT molecular complexity index is 1010. The highest BCUT2D eigenvalue weighted by Gasteiger charge is 2.14. The molecule has 0 N–H and O–H groups in total. The molecule has 25 heavy (non-hydrogen) atoms. The van der Waals surface area contributed by atoms with Gasteiger partial charge in [0.15, 0.2) is 5.43 Å². The van der Waals surface area contributed by atoms with E-state index in [0.29, 0.717) is 22.7 Å². The monoisotopic (exact) mass is 336 g/mol. The van der Waals surface area contributed by atoms with Crippen LogP contribution in [0, 0.1) is 13.8 Å². The Kier molecular flexibility index (Phi) is 4.61. The Morgan fingerprint density at radius 3 is 2.28 bits per heavy atom. The van der Waals surface area contributed by atoms with Gasteiger partial charge in [0, 0.05) is 5.56 Å². The summed E-state index contributed by atoms with van der Waals surface area (Å²) in [6.45, 7) is 3.63. The fourth-order valence-corrected chi connectivity index (χ4v) is 3.01. The third-order valence-electron chi connectivity index (χ3n) is 4.16. The van der Waals surface area contributed by atoms with Gasteiger partial charge in [-0.2, -0.15) is 0 Å². The molecule has 4 nitrogen and oxygen atoms in total. The Morgan fingerprint density at radius 2 is 1.56 bits per heavy atom. The molecule has 1 aromatic heterocycles. The molecule has 2 aromatic carbocycles. The number of para-hydroxylation sites is 1. The van der Waals surface area contributed by atoms with Crippen LogP contribution in [0.5, 0.6) is 11.5 Å². The molecular formula is C21H20O4. The maximum Gasteiger partial charge on any atom is 0.190 e. The highest BCUT2D eigenvalue weighted by Crippen LogP contribution is 2.31. The van der Waals surface area contributed by atoms with E-state index in [9.17, 15) is 4.79 Å². The zero-order valence-corrected chi connectivity index (χ0v) is 14.8. The van der Waals surface area contributed by atoms with Crippen molar-refractivity contribution in [1.82, 2.24) is 0 Å². The Labute approximate surface area is 146 Å². The van der Waals surface area contributed by atoms with Crippen molar-refractivity contribution in [3.05, 3.63) is 69.3 Å². The summed E-state index contributed by atoms with van der Waals surface area (Å²) < 4.78 is 16.5. The molecule has 0 aliphatic rings. The second kappa shape index (κ2) is 6.85. The van der Waals surface area contributed by atoms with Crippen LogP contribution in [0.3, 0.4) is 0 Å². The van der Waals surface area contributed by atoms with Gasteiger partial charge < -0.3 is 13.9 Å². The van der Waals surface area contributed by atoms with Gasteiger partial charge in [0.2, 0.25) is 0 Å². The summed E-state index contributed by atoms with van der Waals surface area (Å²) in [5.74, 6) is 2.67. The molecule has 0 saturated heterocycles. The first-order valence-electron chi connectivity index (χ1n) is 7.98. The zero-order valence-electron chi connectivity index (χ0n) is 14.8. The average molecular weight is 336 g/mol. The third kappa shape index (κ3) is 3.15. The normalized spacial score (nSPS) is 11.2. The Morgan fingerprint density at radius 1 is 0.880 bits per heavy atom. The van der Waals surface area contributed by atoms with Crippen molar-refractivity contribution in [2.24, 2.45) is 0 Å². The molecular weight excluding hydrogens is 316 g/mol. The Hall–Kier alpha value is -3.01. The molecule has 0 radical (unpaired) electrons. The number of furan rings is 1. The van der Waals surface area contributed by atoms with Gasteiger partial charge >= 0.3 is 0 Å². The van der Waals surface area contributed by atoms with E-state index in [1.54, 1.807) is 27.2 Å². The number of benzene rings is 1. The lowest BCUT2D eigenvalue weighted by Gasteiger charge is -2.03. The molecule has 3 aromatic rings. The summed E-state index contributed by atoms with van der Waals surface area (Å²) in [7, 11) is 3.23. The number of methoxy groups -OCH3 is 2. The fraction of sp³-hybridized carbons (Fsp3) is 0.190. The Balaban J connectivity index is 2.18. The van der Waals surface area contributed by atoms with E-state index < -0.39 is 0 Å². The molecule has 0 bridgehead atoms. The van der Waals surface area contributed by atoms with Crippen molar-refractivity contribution in [1.29, 1.82) is 0 Å². The second-order valence-corrected chi connectivity index (χ2v) is 5.76. The molecule has 0 amide bonds. The molecule has 0 fully saturated rings. The number of rotatable bonds is 4. The van der Waals surface area contributed by atoms with E-state index in [0.717, 1.165) is 22.3 Å². The van der Waals surface area contributed by atoms with Crippen LogP contribution in [-0.4, -0.2) is 14.2 Å². The van der Waals surface area contributed by atoms with Crippen molar-refractivity contribution >= 4 is 22.9 Å². The number of hydrogen-bond donors (Lipinski definition) is 0. The maximum absolute atomic E-state index is 12.7. The van der Waals surface area contributed by atoms with Gasteiger partial charge in [0.25, 0.3) is 0 Å². The van der Waals surface area contributed by atoms with Crippen molar-refractivity contribution < 1.29 is 13.9 Å². The molecule has 0 aliphatic carbocycles. The summed E-state index contributed by atoms with van der Waals surface area (Å²) in [6.07, 6.45) is 3.80. The van der Waals surface area contributed by atoms with Gasteiger partial charge in [0.1, 0.15) is 23.0 Å². The van der Waals surface area contributed by atoms with E-state index in [-0.39, 0.29) is 5.43 Å². The molecule has 0 spiro atoms. The second-order valence-electron chi connectivity index (χ2n) is 5.76. The number of fused-ring (bicyclic) bond motifs is 1.